The Morgan fingerprint density at radius 3 is 2.24 bits per heavy atom. The molecule has 5 heteroatoms. The van der Waals surface area contributed by atoms with Crippen LogP contribution in [0.3, 0.4) is 0 Å². The van der Waals surface area contributed by atoms with Crippen molar-refractivity contribution in [3.63, 3.8) is 0 Å². The van der Waals surface area contributed by atoms with E-state index in [1.807, 2.05) is 12.3 Å². The smallest absolute Gasteiger partial charge is 0.125 e. The summed E-state index contributed by atoms with van der Waals surface area (Å²) in [6, 6.07) is 39.8. The molecule has 3 aromatic heterocycles. The van der Waals surface area contributed by atoms with E-state index in [0.29, 0.717) is 0 Å². The number of rotatable bonds is 4. The maximum absolute atomic E-state index is 10.7. The van der Waals surface area contributed by atoms with Gasteiger partial charge in [-0.1, -0.05) is 92.3 Å². The first kappa shape index (κ1) is 24.9. The standard InChI is InChI=1S/C37H27N3OS/c1-37(2)28-13-8-16-33(41)35(28)36-29(37)17-18-30(39-36)23-9-7-10-25(21-23)42-34-22-24(19-20-38-34)40-31-14-5-3-11-26(31)27-12-4-6-15-32(27)40/h3-22,41H,1-2H3. The van der Waals surface area contributed by atoms with Gasteiger partial charge in [-0.2, -0.15) is 0 Å². The Bertz CT molecular complexity index is 2130. The summed E-state index contributed by atoms with van der Waals surface area (Å²) < 4.78 is 2.32. The van der Waals surface area contributed by atoms with E-state index >= 15 is 0 Å². The van der Waals surface area contributed by atoms with Crippen LogP contribution in [0, 0.1) is 0 Å². The van der Waals surface area contributed by atoms with Crippen molar-refractivity contribution in [3.05, 3.63) is 133 Å². The zero-order chi connectivity index (χ0) is 28.4. The van der Waals surface area contributed by atoms with Crippen molar-refractivity contribution in [2.45, 2.75) is 29.2 Å². The number of hydrogen-bond acceptors (Lipinski definition) is 4. The summed E-state index contributed by atoms with van der Waals surface area (Å²) in [4.78, 5) is 10.9. The van der Waals surface area contributed by atoms with Gasteiger partial charge in [-0.25, -0.2) is 9.97 Å². The topological polar surface area (TPSA) is 50.9 Å². The molecule has 202 valence electrons. The molecule has 0 saturated carbocycles. The summed E-state index contributed by atoms with van der Waals surface area (Å²) in [7, 11) is 0. The molecule has 4 aromatic carbocycles. The monoisotopic (exact) mass is 561 g/mol. The number of fused-ring (bicyclic) bond motifs is 6. The summed E-state index contributed by atoms with van der Waals surface area (Å²) in [6.45, 7) is 4.38. The first-order valence-corrected chi connectivity index (χ1v) is 14.9. The minimum Gasteiger partial charge on any atom is -0.507 e. The number of aromatic hydroxyl groups is 1. The molecule has 1 N–H and O–H groups in total. The normalized spacial score (nSPS) is 13.4. The third-order valence-electron chi connectivity index (χ3n) is 8.43. The predicted molar refractivity (Wildman–Crippen MR) is 172 cm³/mol. The van der Waals surface area contributed by atoms with Crippen LogP contribution in [-0.4, -0.2) is 19.6 Å². The van der Waals surface area contributed by atoms with Crippen LogP contribution < -0.4 is 0 Å². The molecule has 0 spiro atoms. The number of pyridine rings is 2. The van der Waals surface area contributed by atoms with Gasteiger partial charge in [0.15, 0.2) is 0 Å². The van der Waals surface area contributed by atoms with Crippen LogP contribution in [0.4, 0.5) is 0 Å². The van der Waals surface area contributed by atoms with E-state index in [0.717, 1.165) is 49.3 Å². The largest absolute Gasteiger partial charge is 0.507 e. The lowest BCUT2D eigenvalue weighted by Gasteiger charge is -2.21. The number of aromatic nitrogens is 3. The van der Waals surface area contributed by atoms with E-state index in [2.05, 4.69) is 122 Å². The van der Waals surface area contributed by atoms with Crippen molar-refractivity contribution in [1.29, 1.82) is 0 Å². The van der Waals surface area contributed by atoms with Crippen LogP contribution in [0.15, 0.2) is 131 Å². The molecule has 0 saturated heterocycles. The SMILES string of the molecule is CC1(C)c2ccc(-c3cccc(Sc4cc(-n5c6ccccc6c6ccccc65)ccn4)c3)nc2-c2c(O)cccc21. The summed E-state index contributed by atoms with van der Waals surface area (Å²) >= 11 is 1.64. The fourth-order valence-electron chi connectivity index (χ4n) is 6.40. The van der Waals surface area contributed by atoms with E-state index in [9.17, 15) is 5.11 Å². The maximum Gasteiger partial charge on any atom is 0.125 e. The lowest BCUT2D eigenvalue weighted by atomic mass is 9.83. The Kier molecular flexibility index (Phi) is 5.53. The molecular formula is C37H27N3OS. The molecule has 0 atom stereocenters. The van der Waals surface area contributed by atoms with E-state index in [1.165, 1.54) is 21.8 Å². The number of benzene rings is 4. The number of nitrogens with zero attached hydrogens (tertiary/aromatic N) is 3. The Morgan fingerprint density at radius 1 is 0.714 bits per heavy atom. The molecule has 0 bridgehead atoms. The Balaban J connectivity index is 1.16. The average Bonchev–Trinajstić information content (AvgIpc) is 3.47. The van der Waals surface area contributed by atoms with Crippen LogP contribution >= 0.6 is 11.8 Å². The second-order valence-corrected chi connectivity index (χ2v) is 12.4. The molecule has 42 heavy (non-hydrogen) atoms. The minimum atomic E-state index is -0.209. The van der Waals surface area contributed by atoms with Gasteiger partial charge >= 0.3 is 0 Å². The number of hydrogen-bond donors (Lipinski definition) is 1. The van der Waals surface area contributed by atoms with Crippen LogP contribution in [0.2, 0.25) is 0 Å². The second kappa shape index (κ2) is 9.33. The van der Waals surface area contributed by atoms with E-state index in [-0.39, 0.29) is 11.2 Å². The highest BCUT2D eigenvalue weighted by Gasteiger charge is 2.38. The van der Waals surface area contributed by atoms with E-state index in [1.54, 1.807) is 17.8 Å². The maximum atomic E-state index is 10.7. The molecule has 7 aromatic rings. The van der Waals surface area contributed by atoms with Gasteiger partial charge in [-0.05, 0) is 59.7 Å². The lowest BCUT2D eigenvalue weighted by Crippen LogP contribution is -2.14. The molecular weight excluding hydrogens is 534 g/mol. The van der Waals surface area contributed by atoms with Gasteiger partial charge in [0.2, 0.25) is 0 Å². The van der Waals surface area contributed by atoms with E-state index in [4.69, 9.17) is 9.97 Å². The van der Waals surface area contributed by atoms with Crippen molar-refractivity contribution in [2.24, 2.45) is 0 Å². The molecule has 0 fully saturated rings. The second-order valence-electron chi connectivity index (χ2n) is 11.3. The van der Waals surface area contributed by atoms with Crippen molar-refractivity contribution in [2.75, 3.05) is 0 Å². The van der Waals surface area contributed by atoms with Gasteiger partial charge in [0.1, 0.15) is 10.8 Å². The van der Waals surface area contributed by atoms with Gasteiger partial charge in [0, 0.05) is 38.4 Å². The fourth-order valence-corrected chi connectivity index (χ4v) is 7.27. The first-order valence-electron chi connectivity index (χ1n) is 14.1. The van der Waals surface area contributed by atoms with Crippen LogP contribution in [0.5, 0.6) is 5.75 Å². The van der Waals surface area contributed by atoms with Crippen LogP contribution in [0.25, 0.3) is 50.0 Å². The van der Waals surface area contributed by atoms with Gasteiger partial charge < -0.3 is 9.67 Å². The molecule has 1 aliphatic carbocycles. The molecule has 4 nitrogen and oxygen atoms in total. The predicted octanol–water partition coefficient (Wildman–Crippen LogP) is 9.40. The number of para-hydroxylation sites is 2. The minimum absolute atomic E-state index is 0.209. The zero-order valence-corrected chi connectivity index (χ0v) is 24.1. The molecule has 0 radical (unpaired) electrons. The van der Waals surface area contributed by atoms with E-state index < -0.39 is 0 Å². The molecule has 0 unspecified atom stereocenters. The number of phenolic OH excluding ortho intramolecular Hbond substituents is 1. The molecule has 0 amide bonds. The van der Waals surface area contributed by atoms with Crippen LogP contribution in [-0.2, 0) is 5.41 Å². The Labute approximate surface area is 248 Å². The van der Waals surface area contributed by atoms with Crippen molar-refractivity contribution in [1.82, 2.24) is 14.5 Å². The van der Waals surface area contributed by atoms with Crippen molar-refractivity contribution in [3.8, 4) is 34.0 Å². The average molecular weight is 562 g/mol. The third-order valence-corrected chi connectivity index (χ3v) is 9.35. The van der Waals surface area contributed by atoms with Gasteiger partial charge in [0.25, 0.3) is 0 Å². The third kappa shape index (κ3) is 3.77. The summed E-state index contributed by atoms with van der Waals surface area (Å²) in [5, 5.41) is 14.1. The quantitative estimate of drug-likeness (QED) is 0.233. The molecule has 3 heterocycles. The summed E-state index contributed by atoms with van der Waals surface area (Å²) in [6.07, 6.45) is 1.89. The highest BCUT2D eigenvalue weighted by atomic mass is 32.2. The summed E-state index contributed by atoms with van der Waals surface area (Å²) in [5.74, 6) is 0.280. The zero-order valence-electron chi connectivity index (χ0n) is 23.2. The highest BCUT2D eigenvalue weighted by Crippen LogP contribution is 2.51. The highest BCUT2D eigenvalue weighted by molar-refractivity contribution is 7.99. The molecule has 8 rings (SSSR count). The van der Waals surface area contributed by atoms with Crippen molar-refractivity contribution >= 4 is 33.6 Å². The van der Waals surface area contributed by atoms with Crippen LogP contribution in [0.1, 0.15) is 25.0 Å². The lowest BCUT2D eigenvalue weighted by molar-refractivity contribution is 0.476. The summed E-state index contributed by atoms with van der Waals surface area (Å²) in [5.41, 5.74) is 9.11. The molecule has 0 aliphatic heterocycles. The number of phenols is 1. The van der Waals surface area contributed by atoms with Gasteiger partial charge in [0.05, 0.1) is 28.1 Å². The Hall–Kier alpha value is -4.87. The fraction of sp³-hybridized carbons (Fsp3) is 0.0811. The molecule has 1 aliphatic rings. The van der Waals surface area contributed by atoms with Crippen molar-refractivity contribution < 1.29 is 5.11 Å². The first-order chi connectivity index (χ1) is 20.5. The Morgan fingerprint density at radius 2 is 1.45 bits per heavy atom. The van der Waals surface area contributed by atoms with Gasteiger partial charge in [-0.15, -0.1) is 0 Å². The van der Waals surface area contributed by atoms with Gasteiger partial charge in [-0.3, -0.25) is 0 Å².